The van der Waals surface area contributed by atoms with E-state index in [2.05, 4.69) is 5.10 Å². The zero-order valence-corrected chi connectivity index (χ0v) is 18.7. The lowest BCUT2D eigenvalue weighted by Gasteiger charge is -2.13. The van der Waals surface area contributed by atoms with Gasteiger partial charge < -0.3 is 5.11 Å². The molecule has 0 aliphatic heterocycles. The van der Waals surface area contributed by atoms with Gasteiger partial charge in [0.2, 0.25) is 0 Å². The maximum atomic E-state index is 10.5. The monoisotopic (exact) mass is 462 g/mol. The van der Waals surface area contributed by atoms with Gasteiger partial charge in [0, 0.05) is 14.9 Å². The van der Waals surface area contributed by atoms with Crippen LogP contribution in [0.5, 0.6) is 0 Å². The lowest BCUT2D eigenvalue weighted by atomic mass is 10.1. The average Bonchev–Trinajstić information content (AvgIpc) is 3.28. The van der Waals surface area contributed by atoms with E-state index < -0.39 is 5.60 Å². The van der Waals surface area contributed by atoms with Crippen LogP contribution in [0, 0.1) is 0 Å². The van der Waals surface area contributed by atoms with Gasteiger partial charge in [-0.2, -0.15) is 5.10 Å². The Hall–Kier alpha value is -1.82. The number of thiophene rings is 1. The van der Waals surface area contributed by atoms with Crippen LogP contribution in [0.1, 0.15) is 19.5 Å². The average molecular weight is 464 g/mol. The van der Waals surface area contributed by atoms with Crippen LogP contribution in [-0.4, -0.2) is 14.9 Å². The van der Waals surface area contributed by atoms with Crippen molar-refractivity contribution in [3.63, 3.8) is 0 Å². The van der Waals surface area contributed by atoms with Crippen molar-refractivity contribution in [1.29, 1.82) is 0 Å². The normalized spacial score (nSPS) is 11.8. The second-order valence-corrected chi connectivity index (χ2v) is 9.52. The Bertz CT molecular complexity index is 1170. The Morgan fingerprint density at radius 2 is 1.55 bits per heavy atom. The van der Waals surface area contributed by atoms with Crippen LogP contribution in [0.25, 0.3) is 26.7 Å². The van der Waals surface area contributed by atoms with Crippen LogP contribution >= 0.6 is 46.1 Å². The van der Waals surface area contributed by atoms with E-state index in [0.29, 0.717) is 20.8 Å². The molecule has 4 aromatic rings. The number of aromatic nitrogens is 2. The highest BCUT2D eigenvalue weighted by Gasteiger charge is 2.24. The number of para-hydroxylation sites is 1. The molecule has 0 bridgehead atoms. The molecule has 1 N–H and O–H groups in total. The second-order valence-electron chi connectivity index (χ2n) is 7.16. The molecule has 0 saturated carbocycles. The minimum atomic E-state index is -1.08. The first kappa shape index (κ1) is 20.5. The van der Waals surface area contributed by atoms with Gasteiger partial charge in [0.15, 0.2) is 0 Å². The Morgan fingerprint density at radius 1 is 0.897 bits per heavy atom. The minimum Gasteiger partial charge on any atom is -0.384 e. The van der Waals surface area contributed by atoms with E-state index >= 15 is 0 Å². The van der Waals surface area contributed by atoms with Crippen LogP contribution in [0.3, 0.4) is 0 Å². The first-order valence-electron chi connectivity index (χ1n) is 8.87. The van der Waals surface area contributed by atoms with Gasteiger partial charge in [-0.15, -0.1) is 11.3 Å². The van der Waals surface area contributed by atoms with Gasteiger partial charge in [0.25, 0.3) is 0 Å². The van der Waals surface area contributed by atoms with Crippen molar-refractivity contribution in [3.8, 4) is 26.7 Å². The summed E-state index contributed by atoms with van der Waals surface area (Å²) in [5.74, 6) is 0. The molecule has 0 spiro atoms. The zero-order chi connectivity index (χ0) is 20.8. The van der Waals surface area contributed by atoms with Gasteiger partial charge in [-0.3, -0.25) is 0 Å². The summed E-state index contributed by atoms with van der Waals surface area (Å²) in [6.07, 6.45) is 0. The predicted octanol–water partition coefficient (Wildman–Crippen LogP) is 7.46. The van der Waals surface area contributed by atoms with Crippen molar-refractivity contribution in [2.75, 3.05) is 0 Å². The first-order chi connectivity index (χ1) is 13.7. The van der Waals surface area contributed by atoms with E-state index in [-0.39, 0.29) is 0 Å². The van der Waals surface area contributed by atoms with Gasteiger partial charge >= 0.3 is 0 Å². The Balaban J connectivity index is 1.86. The van der Waals surface area contributed by atoms with Crippen LogP contribution < -0.4 is 0 Å². The van der Waals surface area contributed by atoms with Crippen molar-refractivity contribution in [2.24, 2.45) is 0 Å². The highest BCUT2D eigenvalue weighted by atomic mass is 35.5. The molecular weight excluding hydrogens is 447 g/mol. The van der Waals surface area contributed by atoms with Crippen molar-refractivity contribution in [1.82, 2.24) is 9.78 Å². The molecule has 29 heavy (non-hydrogen) atoms. The third-order valence-corrected chi connectivity index (χ3v) is 6.34. The number of hydrogen-bond donors (Lipinski definition) is 1. The molecule has 0 aliphatic rings. The fourth-order valence-corrected chi connectivity index (χ4v) is 4.73. The maximum Gasteiger partial charge on any atom is 0.103 e. The van der Waals surface area contributed by atoms with Crippen LogP contribution in [0.4, 0.5) is 0 Å². The molecule has 0 fully saturated rings. The van der Waals surface area contributed by atoms with Gasteiger partial charge in [0.1, 0.15) is 5.60 Å². The Kier molecular flexibility index (Phi) is 5.49. The number of rotatable bonds is 4. The molecule has 0 unspecified atom stereocenters. The van der Waals surface area contributed by atoms with Gasteiger partial charge in [-0.25, -0.2) is 4.68 Å². The summed E-state index contributed by atoms with van der Waals surface area (Å²) >= 11 is 20.3. The second kappa shape index (κ2) is 7.78. The first-order valence-corrected chi connectivity index (χ1v) is 10.8. The molecule has 2 aromatic heterocycles. The van der Waals surface area contributed by atoms with Gasteiger partial charge in [-0.1, -0.05) is 46.9 Å². The van der Waals surface area contributed by atoms with Crippen molar-refractivity contribution < 1.29 is 5.11 Å². The minimum absolute atomic E-state index is 0.563. The quantitative estimate of drug-likeness (QED) is 0.341. The van der Waals surface area contributed by atoms with E-state index in [1.54, 1.807) is 35.9 Å². The molecule has 0 saturated heterocycles. The number of nitrogens with zero attached hydrogens (tertiary/aromatic N) is 2. The summed E-state index contributed by atoms with van der Waals surface area (Å²) < 4.78 is 1.77. The number of aliphatic hydroxyl groups is 1. The molecule has 4 rings (SSSR count). The molecule has 148 valence electrons. The smallest absolute Gasteiger partial charge is 0.103 e. The fraction of sp³-hybridized carbons (Fsp3) is 0.136. The standard InChI is InChI=1S/C22H17Cl3N2OS/c1-22(2,28)21-12-18(27(26-21)17-6-4-3-5-16(17)25)20-8-7-19(29-20)13-9-14(23)11-15(24)10-13/h3-12,28H,1-2H3. The van der Waals surface area contributed by atoms with E-state index in [9.17, 15) is 5.11 Å². The summed E-state index contributed by atoms with van der Waals surface area (Å²) in [5.41, 5.74) is 2.03. The largest absolute Gasteiger partial charge is 0.384 e. The highest BCUT2D eigenvalue weighted by Crippen LogP contribution is 2.39. The molecule has 0 aliphatic carbocycles. The van der Waals surface area contributed by atoms with Crippen molar-refractivity contribution in [3.05, 3.63) is 81.4 Å². The summed E-state index contributed by atoms with van der Waals surface area (Å²) in [6.45, 7) is 3.42. The third kappa shape index (κ3) is 4.23. The highest BCUT2D eigenvalue weighted by molar-refractivity contribution is 7.18. The molecule has 2 aromatic carbocycles. The molecule has 0 atom stereocenters. The van der Waals surface area contributed by atoms with E-state index in [4.69, 9.17) is 34.8 Å². The molecule has 0 radical (unpaired) electrons. The van der Waals surface area contributed by atoms with E-state index in [0.717, 1.165) is 26.7 Å². The zero-order valence-electron chi connectivity index (χ0n) is 15.7. The topological polar surface area (TPSA) is 38.0 Å². The third-order valence-electron chi connectivity index (χ3n) is 4.42. The van der Waals surface area contributed by atoms with Crippen molar-refractivity contribution >= 4 is 46.1 Å². The summed E-state index contributed by atoms with van der Waals surface area (Å²) in [5, 5.41) is 16.9. The molecule has 7 heteroatoms. The van der Waals surface area contributed by atoms with Crippen LogP contribution in [0.15, 0.2) is 60.7 Å². The molecule has 2 heterocycles. The maximum absolute atomic E-state index is 10.5. The molecular formula is C22H17Cl3N2OS. The summed E-state index contributed by atoms with van der Waals surface area (Å²) in [6, 6.07) is 18.9. The lowest BCUT2D eigenvalue weighted by molar-refractivity contribution is 0.0734. The number of halogens is 3. The molecule has 3 nitrogen and oxygen atoms in total. The Labute approximate surface area is 188 Å². The lowest BCUT2D eigenvalue weighted by Crippen LogP contribution is -2.16. The van der Waals surface area contributed by atoms with E-state index in [1.165, 1.54) is 0 Å². The molecule has 0 amide bonds. The van der Waals surface area contributed by atoms with Crippen LogP contribution in [0.2, 0.25) is 15.1 Å². The van der Waals surface area contributed by atoms with Gasteiger partial charge in [-0.05, 0) is 67.9 Å². The summed E-state index contributed by atoms with van der Waals surface area (Å²) in [4.78, 5) is 2.01. The van der Waals surface area contributed by atoms with E-state index in [1.807, 2.05) is 54.6 Å². The van der Waals surface area contributed by atoms with Crippen molar-refractivity contribution in [2.45, 2.75) is 19.4 Å². The fourth-order valence-electron chi connectivity index (χ4n) is 2.99. The SMILES string of the molecule is CC(C)(O)c1cc(-c2ccc(-c3cc(Cl)cc(Cl)c3)s2)n(-c2ccccc2Cl)n1. The number of hydrogen-bond acceptors (Lipinski definition) is 3. The summed E-state index contributed by atoms with van der Waals surface area (Å²) in [7, 11) is 0. The number of benzene rings is 2. The van der Waals surface area contributed by atoms with Crippen LogP contribution in [-0.2, 0) is 5.60 Å². The van der Waals surface area contributed by atoms with Gasteiger partial charge in [0.05, 0.1) is 27.0 Å². The Morgan fingerprint density at radius 3 is 2.21 bits per heavy atom. The predicted molar refractivity (Wildman–Crippen MR) is 123 cm³/mol.